The number of nitrogens with one attached hydrogen (secondary N) is 1. The SMILES string of the molecule is CCCCC/C=C\C=C/CCCCCCCCCCCC(O)C(=O)NC(CO)C(O)/C=C/CC/C=C/CC/C=C/CCCCCCCCCC. The Labute approximate surface area is 309 Å². The summed E-state index contributed by atoms with van der Waals surface area (Å²) in [6, 6.07) is -0.824. The lowest BCUT2D eigenvalue weighted by Gasteiger charge is -2.21. The number of hydrogen-bond donors (Lipinski definition) is 4. The summed E-state index contributed by atoms with van der Waals surface area (Å²) in [5.41, 5.74) is 0. The summed E-state index contributed by atoms with van der Waals surface area (Å²) in [5.74, 6) is -0.524. The maximum Gasteiger partial charge on any atom is 0.249 e. The van der Waals surface area contributed by atoms with Crippen molar-refractivity contribution in [2.45, 2.75) is 212 Å². The van der Waals surface area contributed by atoms with Crippen LogP contribution in [-0.2, 0) is 4.79 Å². The van der Waals surface area contributed by atoms with Crippen LogP contribution in [0.2, 0.25) is 0 Å². The molecule has 3 unspecified atom stereocenters. The summed E-state index contributed by atoms with van der Waals surface area (Å²) in [6.07, 6.45) is 52.4. The van der Waals surface area contributed by atoms with Crippen molar-refractivity contribution in [3.8, 4) is 0 Å². The molecule has 4 N–H and O–H groups in total. The molecule has 0 heterocycles. The fourth-order valence-electron chi connectivity index (χ4n) is 5.97. The van der Waals surface area contributed by atoms with Crippen LogP contribution >= 0.6 is 0 Å². The quantitative estimate of drug-likeness (QED) is 0.0295. The minimum absolute atomic E-state index is 0.385. The molecule has 0 aromatic heterocycles. The maximum absolute atomic E-state index is 12.4. The molecule has 1 amide bonds. The summed E-state index contributed by atoms with van der Waals surface area (Å²) in [5, 5.41) is 33.1. The zero-order valence-electron chi connectivity index (χ0n) is 32.8. The van der Waals surface area contributed by atoms with E-state index in [1.807, 2.05) is 6.08 Å². The van der Waals surface area contributed by atoms with Crippen molar-refractivity contribution in [1.82, 2.24) is 5.32 Å². The van der Waals surface area contributed by atoms with Crippen LogP contribution in [0.4, 0.5) is 0 Å². The second kappa shape index (κ2) is 39.8. The predicted molar refractivity (Wildman–Crippen MR) is 217 cm³/mol. The van der Waals surface area contributed by atoms with Gasteiger partial charge >= 0.3 is 0 Å². The fraction of sp³-hybridized carbons (Fsp3) is 0.756. The third-order valence-electron chi connectivity index (χ3n) is 9.34. The average molecular weight is 700 g/mol. The molecule has 290 valence electrons. The van der Waals surface area contributed by atoms with Crippen molar-refractivity contribution in [2.75, 3.05) is 6.61 Å². The molecule has 0 fully saturated rings. The first-order valence-electron chi connectivity index (χ1n) is 21.1. The lowest BCUT2D eigenvalue weighted by molar-refractivity contribution is -0.131. The number of unbranched alkanes of at least 4 members (excludes halogenated alkanes) is 22. The molecule has 0 aliphatic heterocycles. The second-order valence-electron chi connectivity index (χ2n) is 14.2. The highest BCUT2D eigenvalue weighted by atomic mass is 16.3. The van der Waals surface area contributed by atoms with Crippen LogP contribution in [0.1, 0.15) is 194 Å². The maximum atomic E-state index is 12.4. The van der Waals surface area contributed by atoms with E-state index in [-0.39, 0.29) is 6.61 Å². The highest BCUT2D eigenvalue weighted by Gasteiger charge is 2.22. The van der Waals surface area contributed by atoms with Crippen LogP contribution in [-0.4, -0.2) is 46.1 Å². The summed E-state index contributed by atoms with van der Waals surface area (Å²) in [6.45, 7) is 4.12. The molecule has 0 aliphatic rings. The van der Waals surface area contributed by atoms with E-state index in [2.05, 4.69) is 67.8 Å². The molecule has 0 saturated carbocycles. The zero-order valence-corrected chi connectivity index (χ0v) is 32.8. The van der Waals surface area contributed by atoms with Gasteiger partial charge in [0.05, 0.1) is 18.8 Å². The number of carbonyl (C=O) groups is 1. The van der Waals surface area contributed by atoms with Gasteiger partial charge in [-0.25, -0.2) is 0 Å². The van der Waals surface area contributed by atoms with Crippen LogP contribution in [0.25, 0.3) is 0 Å². The van der Waals surface area contributed by atoms with E-state index in [1.165, 1.54) is 128 Å². The summed E-state index contributed by atoms with van der Waals surface area (Å²) in [7, 11) is 0. The minimum atomic E-state index is -1.11. The van der Waals surface area contributed by atoms with Gasteiger partial charge in [0.25, 0.3) is 0 Å². The third-order valence-corrected chi connectivity index (χ3v) is 9.34. The lowest BCUT2D eigenvalue weighted by Crippen LogP contribution is -2.48. The number of hydrogen-bond acceptors (Lipinski definition) is 4. The standard InChI is InChI=1S/C45H81NO4/c1-3-5-7-9-11-13-15-17-19-21-23-25-27-29-31-33-35-37-39-43(48)42(41-47)46-45(50)44(49)40-38-36-34-32-30-28-26-24-22-20-18-16-14-12-10-8-6-4-2/h12,14,16,18,21,23,29,31,37,39,42-44,47-49H,3-11,13,15,17,19-20,22,24-28,30,32-36,38,40-41H2,1-2H3,(H,46,50)/b14-12-,18-16-,23-21+,31-29+,39-37+. The van der Waals surface area contributed by atoms with Crippen molar-refractivity contribution in [3.63, 3.8) is 0 Å². The Morgan fingerprint density at radius 2 is 0.880 bits per heavy atom. The fourth-order valence-corrected chi connectivity index (χ4v) is 5.97. The molecule has 50 heavy (non-hydrogen) atoms. The zero-order chi connectivity index (χ0) is 36.6. The first-order chi connectivity index (χ1) is 24.6. The van der Waals surface area contributed by atoms with Crippen LogP contribution < -0.4 is 5.32 Å². The highest BCUT2D eigenvalue weighted by Crippen LogP contribution is 2.13. The summed E-state index contributed by atoms with van der Waals surface area (Å²) in [4.78, 5) is 12.4. The topological polar surface area (TPSA) is 89.8 Å². The molecule has 0 aliphatic carbocycles. The van der Waals surface area contributed by atoms with Gasteiger partial charge in [-0.3, -0.25) is 4.79 Å². The predicted octanol–water partition coefficient (Wildman–Crippen LogP) is 11.9. The van der Waals surface area contributed by atoms with Crippen LogP contribution in [0, 0.1) is 0 Å². The van der Waals surface area contributed by atoms with E-state index in [0.717, 1.165) is 44.9 Å². The smallest absolute Gasteiger partial charge is 0.249 e. The van der Waals surface area contributed by atoms with E-state index in [9.17, 15) is 20.1 Å². The van der Waals surface area contributed by atoms with Crippen LogP contribution in [0.15, 0.2) is 60.8 Å². The van der Waals surface area contributed by atoms with Crippen molar-refractivity contribution >= 4 is 5.91 Å². The average Bonchev–Trinajstić information content (AvgIpc) is 3.12. The normalized spacial score (nSPS) is 14.3. The van der Waals surface area contributed by atoms with Gasteiger partial charge in [-0.1, -0.05) is 184 Å². The number of carbonyl (C=O) groups excluding carboxylic acids is 1. The Hall–Kier alpha value is -1.95. The molecular weight excluding hydrogens is 618 g/mol. The second-order valence-corrected chi connectivity index (χ2v) is 14.2. The monoisotopic (exact) mass is 700 g/mol. The van der Waals surface area contributed by atoms with Crippen LogP contribution in [0.5, 0.6) is 0 Å². The molecule has 0 rings (SSSR count). The van der Waals surface area contributed by atoms with Gasteiger partial charge in [-0.15, -0.1) is 0 Å². The van der Waals surface area contributed by atoms with Gasteiger partial charge in [0.1, 0.15) is 6.10 Å². The lowest BCUT2D eigenvalue weighted by atomic mass is 10.0. The number of aliphatic hydroxyl groups is 3. The molecule has 0 saturated heterocycles. The van der Waals surface area contributed by atoms with Gasteiger partial charge in [0.15, 0.2) is 0 Å². The van der Waals surface area contributed by atoms with E-state index in [0.29, 0.717) is 6.42 Å². The molecule has 0 radical (unpaired) electrons. The van der Waals surface area contributed by atoms with Crippen molar-refractivity contribution in [3.05, 3.63) is 60.8 Å². The Kier molecular flexibility index (Phi) is 38.3. The van der Waals surface area contributed by atoms with Crippen molar-refractivity contribution in [1.29, 1.82) is 0 Å². The van der Waals surface area contributed by atoms with Gasteiger partial charge < -0.3 is 20.6 Å². The Bertz CT molecular complexity index is 861. The third kappa shape index (κ3) is 34.5. The Morgan fingerprint density at radius 3 is 1.38 bits per heavy atom. The number of allylic oxidation sites excluding steroid dienone is 9. The first-order valence-corrected chi connectivity index (χ1v) is 21.1. The Balaban J connectivity index is 3.79. The molecule has 0 aromatic rings. The summed E-state index contributed by atoms with van der Waals surface area (Å²) < 4.78 is 0. The van der Waals surface area contributed by atoms with Gasteiger partial charge in [0, 0.05) is 0 Å². The van der Waals surface area contributed by atoms with E-state index in [1.54, 1.807) is 6.08 Å². The number of aliphatic hydroxyl groups excluding tert-OH is 3. The van der Waals surface area contributed by atoms with Gasteiger partial charge in [0.2, 0.25) is 5.91 Å². The first kappa shape index (κ1) is 48.0. The minimum Gasteiger partial charge on any atom is -0.394 e. The van der Waals surface area contributed by atoms with Crippen molar-refractivity contribution in [2.24, 2.45) is 0 Å². The highest BCUT2D eigenvalue weighted by molar-refractivity contribution is 5.80. The molecule has 5 nitrogen and oxygen atoms in total. The van der Waals surface area contributed by atoms with E-state index < -0.39 is 24.2 Å². The van der Waals surface area contributed by atoms with Gasteiger partial charge in [-0.2, -0.15) is 0 Å². The molecule has 0 aromatic carbocycles. The molecular formula is C45H81NO4. The van der Waals surface area contributed by atoms with Crippen molar-refractivity contribution < 1.29 is 20.1 Å². The molecule has 5 heteroatoms. The number of rotatable bonds is 37. The number of amides is 1. The van der Waals surface area contributed by atoms with Gasteiger partial charge in [-0.05, 0) is 70.6 Å². The largest absolute Gasteiger partial charge is 0.394 e. The van der Waals surface area contributed by atoms with E-state index >= 15 is 0 Å². The molecule has 0 spiro atoms. The Morgan fingerprint density at radius 1 is 0.500 bits per heavy atom. The summed E-state index contributed by atoms with van der Waals surface area (Å²) >= 11 is 0. The molecule has 0 bridgehead atoms. The molecule has 3 atom stereocenters. The van der Waals surface area contributed by atoms with E-state index in [4.69, 9.17) is 0 Å². The van der Waals surface area contributed by atoms with Crippen LogP contribution in [0.3, 0.4) is 0 Å².